The summed E-state index contributed by atoms with van der Waals surface area (Å²) in [7, 11) is 3.06. The van der Waals surface area contributed by atoms with E-state index in [-0.39, 0.29) is 5.91 Å². The molecule has 8 heavy (non-hydrogen) atoms. The van der Waals surface area contributed by atoms with Crippen molar-refractivity contribution in [2.24, 2.45) is 0 Å². The molecule has 0 atom stereocenters. The first kappa shape index (κ1) is 8.52. The van der Waals surface area contributed by atoms with Crippen molar-refractivity contribution in [3.05, 3.63) is 0 Å². The molecule has 0 aliphatic carbocycles. The summed E-state index contributed by atoms with van der Waals surface area (Å²) in [4.78, 5) is 10.3. The molecule has 0 bridgehead atoms. The summed E-state index contributed by atoms with van der Waals surface area (Å²) in [5, 5.41) is 0. The Morgan fingerprint density at radius 2 is 2.50 bits per heavy atom. The van der Waals surface area contributed by atoms with Gasteiger partial charge < -0.3 is 4.72 Å². The third-order valence-corrected chi connectivity index (χ3v) is 2.36. The fraction of sp³-hybridized carbons (Fsp3) is 0.667. The highest BCUT2D eigenvalue weighted by molar-refractivity contribution is 8.76. The molecule has 0 aromatic rings. The highest BCUT2D eigenvalue weighted by atomic mass is 33.1. The molecule has 2 nitrogen and oxygen atoms in total. The molecule has 0 fully saturated rings. The summed E-state index contributed by atoms with van der Waals surface area (Å²) >= 11 is 3.57. The third kappa shape index (κ3) is 4.67. The van der Waals surface area contributed by atoms with Crippen LogP contribution in [0.1, 0.15) is 0 Å². The number of hydrogen-bond acceptors (Lipinski definition) is 4. The van der Waals surface area contributed by atoms with Crippen LogP contribution in [-0.4, -0.2) is 17.9 Å². The van der Waals surface area contributed by atoms with E-state index in [1.54, 1.807) is 10.8 Å². The number of amides is 1. The van der Waals surface area contributed by atoms with E-state index in [0.29, 0.717) is 5.75 Å². The quantitative estimate of drug-likeness (QED) is 0.487. The minimum atomic E-state index is -0.0484. The Bertz CT molecular complexity index is 76.9. The van der Waals surface area contributed by atoms with Gasteiger partial charge in [0.05, 0.1) is 5.75 Å². The van der Waals surface area contributed by atoms with Crippen molar-refractivity contribution in [1.82, 2.24) is 4.72 Å². The second-order valence-corrected chi connectivity index (χ2v) is 3.75. The van der Waals surface area contributed by atoms with Gasteiger partial charge in [-0.05, 0) is 6.26 Å². The van der Waals surface area contributed by atoms with E-state index in [2.05, 4.69) is 17.5 Å². The molecular formula is C3H7NOS3. The average molecular weight is 169 g/mol. The lowest BCUT2D eigenvalue weighted by molar-refractivity contribution is -0.116. The molecule has 48 valence electrons. The smallest absolute Gasteiger partial charge is 0.240 e. The summed E-state index contributed by atoms with van der Waals surface area (Å²) in [5.74, 6) is 0.428. The van der Waals surface area contributed by atoms with Gasteiger partial charge in [0.2, 0.25) is 5.91 Å². The van der Waals surface area contributed by atoms with E-state index in [1.165, 1.54) is 10.8 Å². The second kappa shape index (κ2) is 5.65. The van der Waals surface area contributed by atoms with Crippen LogP contribution >= 0.6 is 34.4 Å². The Kier molecular flexibility index (Phi) is 6.02. The fourth-order valence-corrected chi connectivity index (χ4v) is 1.30. The Hall–Kier alpha value is 0.520. The standard InChI is InChI=1S/C3H7NOS3/c1-7-8-2-3(5)4-6/h6H,2H2,1H3,(H,4,5). The summed E-state index contributed by atoms with van der Waals surface area (Å²) in [5.41, 5.74) is 0. The van der Waals surface area contributed by atoms with Crippen LogP contribution in [0, 0.1) is 0 Å². The van der Waals surface area contributed by atoms with E-state index < -0.39 is 0 Å². The number of carbonyl (C=O) groups excluding carboxylic acids is 1. The zero-order valence-corrected chi connectivity index (χ0v) is 6.91. The van der Waals surface area contributed by atoms with Crippen LogP contribution in [0.2, 0.25) is 0 Å². The Morgan fingerprint density at radius 3 is 2.88 bits per heavy atom. The van der Waals surface area contributed by atoms with Crippen LogP contribution in [0.3, 0.4) is 0 Å². The highest BCUT2D eigenvalue weighted by Crippen LogP contribution is 2.15. The molecular weight excluding hydrogens is 162 g/mol. The van der Waals surface area contributed by atoms with E-state index in [1.807, 2.05) is 6.26 Å². The van der Waals surface area contributed by atoms with Gasteiger partial charge in [-0.1, -0.05) is 34.4 Å². The van der Waals surface area contributed by atoms with Crippen molar-refractivity contribution in [2.75, 3.05) is 12.0 Å². The molecule has 0 unspecified atom stereocenters. The molecule has 1 amide bonds. The highest BCUT2D eigenvalue weighted by Gasteiger charge is 1.94. The van der Waals surface area contributed by atoms with Crippen LogP contribution < -0.4 is 4.72 Å². The van der Waals surface area contributed by atoms with Crippen LogP contribution in [0.4, 0.5) is 0 Å². The van der Waals surface area contributed by atoms with Crippen LogP contribution in [0.5, 0.6) is 0 Å². The number of carbonyl (C=O) groups is 1. The molecule has 0 rings (SSSR count). The zero-order chi connectivity index (χ0) is 6.41. The van der Waals surface area contributed by atoms with Crippen LogP contribution in [-0.2, 0) is 4.79 Å². The maximum atomic E-state index is 10.3. The van der Waals surface area contributed by atoms with Gasteiger partial charge in [-0.25, -0.2) is 0 Å². The molecule has 0 aromatic heterocycles. The SMILES string of the molecule is CSSCC(=O)NS. The number of nitrogens with one attached hydrogen (secondary N) is 1. The fourth-order valence-electron chi connectivity index (χ4n) is 0.145. The minimum absolute atomic E-state index is 0.0484. The van der Waals surface area contributed by atoms with E-state index in [0.717, 1.165) is 0 Å². The summed E-state index contributed by atoms with van der Waals surface area (Å²) in [6, 6.07) is 0. The topological polar surface area (TPSA) is 29.1 Å². The van der Waals surface area contributed by atoms with Gasteiger partial charge in [0.1, 0.15) is 0 Å². The van der Waals surface area contributed by atoms with E-state index in [9.17, 15) is 4.79 Å². The summed E-state index contributed by atoms with van der Waals surface area (Å²) in [6.07, 6.45) is 1.93. The van der Waals surface area contributed by atoms with Crippen molar-refractivity contribution in [3.63, 3.8) is 0 Å². The summed E-state index contributed by atoms with van der Waals surface area (Å²) < 4.78 is 2.22. The number of hydrogen-bond donors (Lipinski definition) is 2. The second-order valence-electron chi connectivity index (χ2n) is 0.964. The van der Waals surface area contributed by atoms with Gasteiger partial charge in [-0.15, -0.1) is 0 Å². The largest absolute Gasteiger partial charge is 0.302 e. The summed E-state index contributed by atoms with van der Waals surface area (Å²) in [6.45, 7) is 0. The first-order valence-electron chi connectivity index (χ1n) is 1.89. The van der Waals surface area contributed by atoms with Crippen molar-refractivity contribution >= 4 is 40.3 Å². The predicted octanol–water partition coefficient (Wildman–Crippen LogP) is 0.959. The van der Waals surface area contributed by atoms with Gasteiger partial charge >= 0.3 is 0 Å². The molecule has 0 saturated carbocycles. The van der Waals surface area contributed by atoms with E-state index >= 15 is 0 Å². The van der Waals surface area contributed by atoms with Crippen molar-refractivity contribution < 1.29 is 4.79 Å². The lowest BCUT2D eigenvalue weighted by Gasteiger charge is -1.92. The predicted molar refractivity (Wildman–Crippen MR) is 43.1 cm³/mol. The average Bonchev–Trinajstić information content (AvgIpc) is 1.83. The van der Waals surface area contributed by atoms with Crippen LogP contribution in [0.25, 0.3) is 0 Å². The molecule has 0 aliphatic heterocycles. The van der Waals surface area contributed by atoms with Gasteiger partial charge in [0.25, 0.3) is 0 Å². The molecule has 0 aromatic carbocycles. The Labute approximate surface area is 62.1 Å². The van der Waals surface area contributed by atoms with Crippen molar-refractivity contribution in [3.8, 4) is 0 Å². The molecule has 0 heterocycles. The van der Waals surface area contributed by atoms with Gasteiger partial charge in [-0.2, -0.15) is 0 Å². The molecule has 0 saturated heterocycles. The monoisotopic (exact) mass is 169 g/mol. The van der Waals surface area contributed by atoms with Gasteiger partial charge in [0, 0.05) is 0 Å². The Morgan fingerprint density at radius 1 is 1.88 bits per heavy atom. The maximum Gasteiger partial charge on any atom is 0.240 e. The van der Waals surface area contributed by atoms with Crippen molar-refractivity contribution in [1.29, 1.82) is 0 Å². The van der Waals surface area contributed by atoms with Gasteiger partial charge in [0.15, 0.2) is 0 Å². The molecule has 0 spiro atoms. The maximum absolute atomic E-state index is 10.3. The lowest BCUT2D eigenvalue weighted by atomic mass is 10.8. The molecule has 0 radical (unpaired) electrons. The number of thiol groups is 1. The molecule has 0 aliphatic rings. The first-order chi connectivity index (χ1) is 3.81. The van der Waals surface area contributed by atoms with Crippen molar-refractivity contribution in [2.45, 2.75) is 0 Å². The third-order valence-electron chi connectivity index (χ3n) is 0.433. The lowest BCUT2D eigenvalue weighted by Crippen LogP contribution is -2.13. The van der Waals surface area contributed by atoms with Gasteiger partial charge in [-0.3, -0.25) is 4.79 Å². The first-order valence-corrected chi connectivity index (χ1v) is 5.07. The molecule has 5 heteroatoms. The minimum Gasteiger partial charge on any atom is -0.302 e. The Balaban J connectivity index is 2.99. The zero-order valence-electron chi connectivity index (χ0n) is 4.38. The normalized spacial score (nSPS) is 8.75. The molecule has 1 N–H and O–H groups in total. The van der Waals surface area contributed by atoms with E-state index in [4.69, 9.17) is 0 Å². The number of rotatable bonds is 3. The van der Waals surface area contributed by atoms with Crippen LogP contribution in [0.15, 0.2) is 0 Å².